The molecule has 6 nitrogen and oxygen atoms in total. The molecule has 1 amide bonds. The molecule has 0 radical (unpaired) electrons. The number of piperidine rings is 1. The van der Waals surface area contributed by atoms with Crippen LogP contribution in [0.4, 0.5) is 5.82 Å². The van der Waals surface area contributed by atoms with Crippen molar-refractivity contribution in [3.63, 3.8) is 0 Å². The van der Waals surface area contributed by atoms with Crippen LogP contribution in [-0.2, 0) is 0 Å². The second-order valence-electron chi connectivity index (χ2n) is 5.29. The lowest BCUT2D eigenvalue weighted by atomic mass is 10.00. The Morgan fingerprint density at radius 1 is 1.30 bits per heavy atom. The van der Waals surface area contributed by atoms with Gasteiger partial charge >= 0.3 is 0 Å². The summed E-state index contributed by atoms with van der Waals surface area (Å²) in [6.07, 6.45) is 6.52. The van der Waals surface area contributed by atoms with E-state index in [1.807, 2.05) is 11.9 Å². The van der Waals surface area contributed by atoms with E-state index in [1.54, 1.807) is 6.20 Å². The van der Waals surface area contributed by atoms with Crippen molar-refractivity contribution in [1.82, 2.24) is 20.4 Å². The summed E-state index contributed by atoms with van der Waals surface area (Å²) in [6.45, 7) is 7.04. The summed E-state index contributed by atoms with van der Waals surface area (Å²) in [7, 11) is 0. The summed E-state index contributed by atoms with van der Waals surface area (Å²) < 4.78 is 0. The zero-order chi connectivity index (χ0) is 14.5. The molecule has 1 aromatic rings. The smallest absolute Gasteiger partial charge is 0.285 e. The molecule has 2 rings (SSSR count). The number of carbonyl (C=O) groups is 1. The van der Waals surface area contributed by atoms with E-state index in [4.69, 9.17) is 0 Å². The van der Waals surface area contributed by atoms with E-state index in [-0.39, 0.29) is 5.91 Å². The average Bonchev–Trinajstić information content (AvgIpc) is 2.44. The first-order valence-corrected chi connectivity index (χ1v) is 7.27. The third-order valence-corrected chi connectivity index (χ3v) is 3.67. The molecule has 0 aliphatic carbocycles. The molecular formula is C14H23N5O. The van der Waals surface area contributed by atoms with E-state index >= 15 is 0 Å². The van der Waals surface area contributed by atoms with Gasteiger partial charge in [0.1, 0.15) is 11.5 Å². The van der Waals surface area contributed by atoms with Crippen LogP contribution in [0, 0.1) is 0 Å². The Morgan fingerprint density at radius 3 is 2.55 bits per heavy atom. The highest BCUT2D eigenvalue weighted by atomic mass is 16.2. The van der Waals surface area contributed by atoms with Gasteiger partial charge in [0.05, 0.1) is 12.4 Å². The normalized spacial score (nSPS) is 23.4. The zero-order valence-corrected chi connectivity index (χ0v) is 12.4. The second-order valence-corrected chi connectivity index (χ2v) is 5.29. The van der Waals surface area contributed by atoms with Gasteiger partial charge in [-0.1, -0.05) is 6.42 Å². The van der Waals surface area contributed by atoms with E-state index in [0.29, 0.717) is 23.6 Å². The van der Waals surface area contributed by atoms with Crippen molar-refractivity contribution < 1.29 is 4.79 Å². The van der Waals surface area contributed by atoms with E-state index in [1.165, 1.54) is 12.6 Å². The van der Waals surface area contributed by atoms with Crippen molar-refractivity contribution in [2.75, 3.05) is 11.9 Å². The lowest BCUT2D eigenvalue weighted by molar-refractivity contribution is 0.0366. The Balaban J connectivity index is 2.00. The maximum absolute atomic E-state index is 12.2. The minimum Gasteiger partial charge on any atom is -0.369 e. The Kier molecular flexibility index (Phi) is 4.89. The van der Waals surface area contributed by atoms with Crippen LogP contribution in [0.1, 0.15) is 50.5 Å². The van der Waals surface area contributed by atoms with Gasteiger partial charge in [0.15, 0.2) is 0 Å². The SMILES string of the molecule is CCNc1cnc(C(=O)NN2C(C)CCCC2C)cn1. The molecule has 110 valence electrons. The Bertz CT molecular complexity index is 437. The number of carbonyl (C=O) groups excluding carboxylic acids is 1. The number of rotatable bonds is 4. The van der Waals surface area contributed by atoms with E-state index in [9.17, 15) is 4.79 Å². The summed E-state index contributed by atoms with van der Waals surface area (Å²) >= 11 is 0. The fraction of sp³-hybridized carbons (Fsp3) is 0.643. The number of hydrazine groups is 1. The van der Waals surface area contributed by atoms with Gasteiger partial charge in [0.2, 0.25) is 0 Å². The molecule has 2 atom stereocenters. The molecule has 0 aromatic carbocycles. The van der Waals surface area contributed by atoms with Crippen LogP contribution < -0.4 is 10.7 Å². The molecule has 2 heterocycles. The van der Waals surface area contributed by atoms with Gasteiger partial charge in [0, 0.05) is 18.6 Å². The van der Waals surface area contributed by atoms with Gasteiger partial charge in [-0.25, -0.2) is 15.0 Å². The van der Waals surface area contributed by atoms with Crippen LogP contribution in [0.5, 0.6) is 0 Å². The number of anilines is 1. The largest absolute Gasteiger partial charge is 0.369 e. The van der Waals surface area contributed by atoms with Crippen LogP contribution in [0.25, 0.3) is 0 Å². The van der Waals surface area contributed by atoms with E-state index < -0.39 is 0 Å². The van der Waals surface area contributed by atoms with Gasteiger partial charge in [-0.05, 0) is 33.6 Å². The topological polar surface area (TPSA) is 70.2 Å². The van der Waals surface area contributed by atoms with Gasteiger partial charge in [-0.2, -0.15) is 0 Å². The fourth-order valence-corrected chi connectivity index (χ4v) is 2.53. The molecule has 2 N–H and O–H groups in total. The van der Waals surface area contributed by atoms with Crippen LogP contribution >= 0.6 is 0 Å². The molecule has 0 bridgehead atoms. The number of nitrogens with one attached hydrogen (secondary N) is 2. The van der Waals surface area contributed by atoms with Gasteiger partial charge < -0.3 is 5.32 Å². The minimum atomic E-state index is -0.193. The zero-order valence-electron chi connectivity index (χ0n) is 12.4. The molecule has 2 unspecified atom stereocenters. The van der Waals surface area contributed by atoms with Crippen molar-refractivity contribution in [2.45, 2.75) is 52.1 Å². The Labute approximate surface area is 120 Å². The van der Waals surface area contributed by atoms with Crippen LogP contribution in [0.3, 0.4) is 0 Å². The summed E-state index contributed by atoms with van der Waals surface area (Å²) in [5.74, 6) is 0.491. The van der Waals surface area contributed by atoms with Crippen molar-refractivity contribution in [1.29, 1.82) is 0 Å². The summed E-state index contributed by atoms with van der Waals surface area (Å²) in [5.41, 5.74) is 3.30. The Morgan fingerprint density at radius 2 is 2.00 bits per heavy atom. The molecule has 0 spiro atoms. The lowest BCUT2D eigenvalue weighted by Gasteiger charge is -2.38. The van der Waals surface area contributed by atoms with E-state index in [2.05, 4.69) is 34.6 Å². The first kappa shape index (κ1) is 14.7. The molecule has 1 saturated heterocycles. The maximum atomic E-state index is 12.2. The number of hydrogen-bond donors (Lipinski definition) is 2. The molecule has 1 fully saturated rings. The number of aromatic nitrogens is 2. The van der Waals surface area contributed by atoms with Crippen molar-refractivity contribution in [3.8, 4) is 0 Å². The highest BCUT2D eigenvalue weighted by Gasteiger charge is 2.26. The molecule has 0 saturated carbocycles. The molecule has 1 aliphatic heterocycles. The molecule has 1 aromatic heterocycles. The summed E-state index contributed by atoms with van der Waals surface area (Å²) in [4.78, 5) is 20.5. The second kappa shape index (κ2) is 6.65. The Hall–Kier alpha value is -1.69. The predicted molar refractivity (Wildman–Crippen MR) is 78.3 cm³/mol. The monoisotopic (exact) mass is 277 g/mol. The molecular weight excluding hydrogens is 254 g/mol. The molecule has 1 aliphatic rings. The molecule has 20 heavy (non-hydrogen) atoms. The number of hydrogen-bond acceptors (Lipinski definition) is 5. The fourth-order valence-electron chi connectivity index (χ4n) is 2.53. The average molecular weight is 277 g/mol. The first-order chi connectivity index (χ1) is 9.61. The van der Waals surface area contributed by atoms with E-state index in [0.717, 1.165) is 19.4 Å². The third kappa shape index (κ3) is 3.45. The summed E-state index contributed by atoms with van der Waals surface area (Å²) in [5, 5.41) is 5.09. The van der Waals surface area contributed by atoms with Crippen molar-refractivity contribution in [2.24, 2.45) is 0 Å². The number of amides is 1. The van der Waals surface area contributed by atoms with Crippen LogP contribution in [0.15, 0.2) is 12.4 Å². The van der Waals surface area contributed by atoms with Gasteiger partial charge in [-0.15, -0.1) is 0 Å². The maximum Gasteiger partial charge on any atom is 0.285 e. The third-order valence-electron chi connectivity index (χ3n) is 3.67. The highest BCUT2D eigenvalue weighted by Crippen LogP contribution is 2.20. The standard InChI is InChI=1S/C14H23N5O/c1-4-15-13-9-16-12(8-17-13)14(20)18-19-10(2)6-5-7-11(19)3/h8-11H,4-7H2,1-3H3,(H,15,17)(H,18,20). The predicted octanol–water partition coefficient (Wildman–Crippen LogP) is 1.82. The number of nitrogens with zero attached hydrogens (tertiary/aromatic N) is 3. The van der Waals surface area contributed by atoms with Gasteiger partial charge in [0.25, 0.3) is 5.91 Å². The van der Waals surface area contributed by atoms with Crippen LogP contribution in [0.2, 0.25) is 0 Å². The molecule has 6 heteroatoms. The van der Waals surface area contributed by atoms with Crippen molar-refractivity contribution >= 4 is 11.7 Å². The minimum absolute atomic E-state index is 0.193. The van der Waals surface area contributed by atoms with Crippen molar-refractivity contribution in [3.05, 3.63) is 18.1 Å². The van der Waals surface area contributed by atoms with Gasteiger partial charge in [-0.3, -0.25) is 10.2 Å². The highest BCUT2D eigenvalue weighted by molar-refractivity contribution is 5.91. The first-order valence-electron chi connectivity index (χ1n) is 7.27. The summed E-state index contributed by atoms with van der Waals surface area (Å²) in [6, 6.07) is 0.716. The van der Waals surface area contributed by atoms with Crippen LogP contribution in [-0.4, -0.2) is 39.5 Å². The lowest BCUT2D eigenvalue weighted by Crippen LogP contribution is -2.54. The quantitative estimate of drug-likeness (QED) is 0.878.